The van der Waals surface area contributed by atoms with Crippen molar-refractivity contribution in [3.8, 4) is 0 Å². The van der Waals surface area contributed by atoms with E-state index < -0.39 is 0 Å². The average Bonchev–Trinajstić information content (AvgIpc) is 2.57. The second kappa shape index (κ2) is 7.91. The number of carbonyl (C=O) groups excluding carboxylic acids is 2. The van der Waals surface area contributed by atoms with Crippen LogP contribution in [0.25, 0.3) is 0 Å². The topological polar surface area (TPSA) is 75.9 Å². The summed E-state index contributed by atoms with van der Waals surface area (Å²) in [5, 5.41) is 0. The van der Waals surface area contributed by atoms with Crippen molar-refractivity contribution in [2.45, 2.75) is 5.92 Å². The van der Waals surface area contributed by atoms with Gasteiger partial charge in [-0.25, -0.2) is 0 Å². The largest absolute Gasteiger partial charge is 0.375 e. The van der Waals surface area contributed by atoms with Crippen LogP contribution in [0.1, 0.15) is 11.5 Å². The predicted molar refractivity (Wildman–Crippen MR) is 83.3 cm³/mol. The molecule has 1 aromatic carbocycles. The van der Waals surface area contributed by atoms with Gasteiger partial charge in [0.25, 0.3) is 0 Å². The molecule has 6 heteroatoms. The van der Waals surface area contributed by atoms with E-state index in [9.17, 15) is 9.59 Å². The number of hydrogen-bond donors (Lipinski definition) is 1. The summed E-state index contributed by atoms with van der Waals surface area (Å²) in [5.74, 6) is -0.317. The maximum atomic E-state index is 12.6. The van der Waals surface area contributed by atoms with Crippen LogP contribution in [0, 0.1) is 0 Å². The molecule has 1 fully saturated rings. The molecular formula is C16H23N3O3. The smallest absolute Gasteiger partial charge is 0.248 e. The minimum absolute atomic E-state index is 0.0342. The summed E-state index contributed by atoms with van der Waals surface area (Å²) in [6.45, 7) is 2.53. The summed E-state index contributed by atoms with van der Waals surface area (Å²) in [5.41, 5.74) is 6.74. The molecule has 1 aliphatic heterocycles. The van der Waals surface area contributed by atoms with E-state index in [2.05, 4.69) is 0 Å². The number of piperazine rings is 1. The molecule has 0 saturated carbocycles. The van der Waals surface area contributed by atoms with Crippen LogP contribution in [0.5, 0.6) is 0 Å². The molecule has 0 bridgehead atoms. The highest BCUT2D eigenvalue weighted by Gasteiger charge is 2.28. The monoisotopic (exact) mass is 305 g/mol. The van der Waals surface area contributed by atoms with E-state index in [1.807, 2.05) is 30.3 Å². The maximum absolute atomic E-state index is 12.6. The molecule has 0 aromatic heterocycles. The van der Waals surface area contributed by atoms with Gasteiger partial charge >= 0.3 is 0 Å². The van der Waals surface area contributed by atoms with Crippen molar-refractivity contribution in [1.82, 2.24) is 9.80 Å². The van der Waals surface area contributed by atoms with Crippen LogP contribution in [0.2, 0.25) is 0 Å². The van der Waals surface area contributed by atoms with E-state index in [-0.39, 0.29) is 30.9 Å². The van der Waals surface area contributed by atoms with Gasteiger partial charge in [0.1, 0.15) is 6.61 Å². The first kappa shape index (κ1) is 16.5. The van der Waals surface area contributed by atoms with Gasteiger partial charge in [-0.15, -0.1) is 0 Å². The number of ether oxygens (including phenoxy) is 1. The van der Waals surface area contributed by atoms with Gasteiger partial charge in [0.2, 0.25) is 11.8 Å². The second-order valence-electron chi connectivity index (χ2n) is 5.34. The van der Waals surface area contributed by atoms with E-state index >= 15 is 0 Å². The Morgan fingerprint density at radius 2 is 1.73 bits per heavy atom. The van der Waals surface area contributed by atoms with Crippen LogP contribution in [0.15, 0.2) is 30.3 Å². The molecular weight excluding hydrogens is 282 g/mol. The molecule has 120 valence electrons. The molecule has 0 aliphatic carbocycles. The Hall–Kier alpha value is -1.92. The molecule has 2 N–H and O–H groups in total. The quantitative estimate of drug-likeness (QED) is 0.834. The molecule has 22 heavy (non-hydrogen) atoms. The highest BCUT2D eigenvalue weighted by molar-refractivity contribution is 5.84. The number of carbonyl (C=O) groups is 2. The van der Waals surface area contributed by atoms with E-state index in [0.29, 0.717) is 26.2 Å². The summed E-state index contributed by atoms with van der Waals surface area (Å²) < 4.78 is 4.86. The van der Waals surface area contributed by atoms with Crippen LogP contribution in [-0.2, 0) is 14.3 Å². The van der Waals surface area contributed by atoms with Gasteiger partial charge in [-0.2, -0.15) is 0 Å². The van der Waals surface area contributed by atoms with Crippen LogP contribution >= 0.6 is 0 Å². The third-order valence-corrected chi connectivity index (χ3v) is 3.95. The Morgan fingerprint density at radius 3 is 2.27 bits per heavy atom. The van der Waals surface area contributed by atoms with Crippen molar-refractivity contribution in [3.05, 3.63) is 35.9 Å². The van der Waals surface area contributed by atoms with Gasteiger partial charge in [0.05, 0.1) is 5.92 Å². The zero-order valence-electron chi connectivity index (χ0n) is 12.9. The van der Waals surface area contributed by atoms with E-state index in [1.54, 1.807) is 9.80 Å². The van der Waals surface area contributed by atoms with Crippen LogP contribution < -0.4 is 5.73 Å². The number of hydrogen-bond acceptors (Lipinski definition) is 4. The van der Waals surface area contributed by atoms with Crippen LogP contribution in [0.3, 0.4) is 0 Å². The fourth-order valence-electron chi connectivity index (χ4n) is 2.68. The lowest BCUT2D eigenvalue weighted by Crippen LogP contribution is -2.52. The Labute approximate surface area is 130 Å². The zero-order chi connectivity index (χ0) is 15.9. The Kier molecular flexibility index (Phi) is 5.91. The minimum Gasteiger partial charge on any atom is -0.375 e. The summed E-state index contributed by atoms with van der Waals surface area (Å²) in [4.78, 5) is 27.9. The lowest BCUT2D eigenvalue weighted by atomic mass is 9.97. The zero-order valence-corrected chi connectivity index (χ0v) is 12.9. The molecule has 6 nitrogen and oxygen atoms in total. The fourth-order valence-corrected chi connectivity index (χ4v) is 2.68. The number of rotatable bonds is 5. The van der Waals surface area contributed by atoms with Crippen molar-refractivity contribution < 1.29 is 14.3 Å². The van der Waals surface area contributed by atoms with Gasteiger partial charge in [0.15, 0.2) is 0 Å². The van der Waals surface area contributed by atoms with Crippen LogP contribution in [-0.4, -0.2) is 68.1 Å². The van der Waals surface area contributed by atoms with E-state index in [4.69, 9.17) is 10.5 Å². The fraction of sp³-hybridized carbons (Fsp3) is 0.500. The molecule has 1 aromatic rings. The first-order chi connectivity index (χ1) is 10.7. The highest BCUT2D eigenvalue weighted by atomic mass is 16.5. The van der Waals surface area contributed by atoms with Crippen molar-refractivity contribution >= 4 is 11.8 Å². The van der Waals surface area contributed by atoms with Crippen molar-refractivity contribution in [3.63, 3.8) is 0 Å². The molecule has 0 radical (unpaired) electrons. The molecule has 0 spiro atoms. The third-order valence-electron chi connectivity index (χ3n) is 3.95. The lowest BCUT2D eigenvalue weighted by molar-refractivity contribution is -0.142. The summed E-state index contributed by atoms with van der Waals surface area (Å²) in [7, 11) is 1.50. The average molecular weight is 305 g/mol. The maximum Gasteiger partial charge on any atom is 0.248 e. The predicted octanol–water partition coefficient (Wildman–Crippen LogP) is 0.0461. The van der Waals surface area contributed by atoms with E-state index in [1.165, 1.54) is 7.11 Å². The minimum atomic E-state index is -0.317. The Balaban J connectivity index is 1.95. The number of methoxy groups -OCH3 is 1. The van der Waals surface area contributed by atoms with Crippen molar-refractivity contribution in [1.29, 1.82) is 0 Å². The van der Waals surface area contributed by atoms with Crippen LogP contribution in [0.4, 0.5) is 0 Å². The number of nitrogens with two attached hydrogens (primary N) is 1. The van der Waals surface area contributed by atoms with Gasteiger partial charge in [-0.05, 0) is 5.56 Å². The van der Waals surface area contributed by atoms with Gasteiger partial charge in [-0.3, -0.25) is 9.59 Å². The van der Waals surface area contributed by atoms with Gasteiger partial charge in [-0.1, -0.05) is 30.3 Å². The molecule has 2 amide bonds. The standard InChI is InChI=1S/C16H23N3O3/c1-22-12-15(20)18-7-9-19(10-8-18)16(21)14(11-17)13-5-3-2-4-6-13/h2-6,14H,7-12,17H2,1H3. The second-order valence-corrected chi connectivity index (χ2v) is 5.34. The lowest BCUT2D eigenvalue weighted by Gasteiger charge is -2.36. The van der Waals surface area contributed by atoms with Crippen molar-refractivity contribution in [2.75, 3.05) is 46.4 Å². The highest BCUT2D eigenvalue weighted by Crippen LogP contribution is 2.18. The first-order valence-electron chi connectivity index (χ1n) is 7.48. The summed E-state index contributed by atoms with van der Waals surface area (Å²) >= 11 is 0. The summed E-state index contributed by atoms with van der Waals surface area (Å²) in [6.07, 6.45) is 0. The molecule has 1 aliphatic rings. The molecule has 1 atom stereocenters. The number of amides is 2. The molecule has 2 rings (SSSR count). The Morgan fingerprint density at radius 1 is 1.14 bits per heavy atom. The Bertz CT molecular complexity index is 499. The van der Waals surface area contributed by atoms with Gasteiger partial charge in [0, 0.05) is 39.8 Å². The van der Waals surface area contributed by atoms with E-state index in [0.717, 1.165) is 5.56 Å². The van der Waals surface area contributed by atoms with Crippen molar-refractivity contribution in [2.24, 2.45) is 5.73 Å². The number of nitrogens with zero attached hydrogens (tertiary/aromatic N) is 2. The normalized spacial score (nSPS) is 16.5. The molecule has 1 saturated heterocycles. The van der Waals surface area contributed by atoms with Gasteiger partial charge < -0.3 is 20.3 Å². The first-order valence-corrected chi connectivity index (χ1v) is 7.48. The third kappa shape index (κ3) is 3.84. The summed E-state index contributed by atoms with van der Waals surface area (Å²) in [6, 6.07) is 9.59. The SMILES string of the molecule is COCC(=O)N1CCN(C(=O)C(CN)c2ccccc2)CC1. The molecule has 1 heterocycles. The number of benzene rings is 1. The molecule has 1 unspecified atom stereocenters.